The van der Waals surface area contributed by atoms with Crippen LogP contribution in [0, 0.1) is 12.8 Å². The van der Waals surface area contributed by atoms with Crippen molar-refractivity contribution in [2.24, 2.45) is 5.92 Å². The Morgan fingerprint density at radius 1 is 0.630 bits per heavy atom. The minimum atomic E-state index is -0.250. The lowest BCUT2D eigenvalue weighted by molar-refractivity contribution is -0.145. The molecule has 0 aromatic carbocycles. The highest BCUT2D eigenvalue weighted by Crippen LogP contribution is 2.21. The van der Waals surface area contributed by atoms with Gasteiger partial charge in [0.15, 0.2) is 0 Å². The van der Waals surface area contributed by atoms with E-state index in [1.54, 1.807) is 0 Å². The second-order valence-corrected chi connectivity index (χ2v) is 17.0. The fourth-order valence-corrected chi connectivity index (χ4v) is 7.95. The fraction of sp³-hybridized carbons (Fsp3) is 0.917. The molecule has 0 bridgehead atoms. The van der Waals surface area contributed by atoms with E-state index in [1.165, 1.54) is 167 Å². The van der Waals surface area contributed by atoms with Crippen LogP contribution < -0.4 is 0 Å². The number of carbonyl (C=O) groups excluding carboxylic acids is 1. The summed E-state index contributed by atoms with van der Waals surface area (Å²) in [5.41, 5.74) is 0. The Hall–Kier alpha value is -1.40. The van der Waals surface area contributed by atoms with E-state index in [2.05, 4.69) is 48.3 Å². The van der Waals surface area contributed by atoms with Gasteiger partial charge in [0.2, 0.25) is 0 Å². The first-order valence-electron chi connectivity index (χ1n) is 24.0. The minimum Gasteiger partial charge on any atom is -0.465 e. The number of imidazole rings is 1. The van der Waals surface area contributed by atoms with Crippen LogP contribution >= 0.6 is 0 Å². The Kier molecular flexibility index (Phi) is 36.1. The van der Waals surface area contributed by atoms with E-state index >= 15 is 0 Å². The number of aromatic nitrogens is 2. The van der Waals surface area contributed by atoms with Crippen molar-refractivity contribution in [2.75, 3.05) is 26.2 Å². The summed E-state index contributed by atoms with van der Waals surface area (Å²) in [6.45, 7) is 13.2. The first-order valence-corrected chi connectivity index (χ1v) is 24.0. The number of nitrogens with zero attached hydrogens (tertiary/aromatic N) is 3. The number of rotatable bonds is 42. The smallest absolute Gasteiger partial charge is 0.305 e. The topological polar surface area (TPSA) is 67.6 Å². The normalized spacial score (nSPS) is 12.9. The van der Waals surface area contributed by atoms with Gasteiger partial charge in [-0.3, -0.25) is 9.69 Å². The monoisotopic (exact) mass is 760 g/mol. The largest absolute Gasteiger partial charge is 0.465 e. The first-order chi connectivity index (χ1) is 26.5. The predicted octanol–water partition coefficient (Wildman–Crippen LogP) is 13.9. The number of esters is 1. The van der Waals surface area contributed by atoms with Crippen molar-refractivity contribution in [1.82, 2.24) is 14.5 Å². The number of unbranched alkanes of at least 4 members (excludes halogenated alkanes) is 25. The van der Waals surface area contributed by atoms with Crippen molar-refractivity contribution in [3.8, 4) is 0 Å². The average molecular weight is 760 g/mol. The molecule has 1 heterocycles. The Bertz CT molecular complexity index is 921. The summed E-state index contributed by atoms with van der Waals surface area (Å²) in [5, 5.41) is 10.9. The number of carbonyl (C=O) groups is 1. The van der Waals surface area contributed by atoms with Crippen molar-refractivity contribution in [3.05, 3.63) is 18.2 Å². The number of hydrogen-bond donors (Lipinski definition) is 1. The van der Waals surface area contributed by atoms with E-state index in [0.29, 0.717) is 18.9 Å². The lowest BCUT2D eigenvalue weighted by Gasteiger charge is -2.25. The number of hydrogen-bond acceptors (Lipinski definition) is 5. The zero-order valence-electron chi connectivity index (χ0n) is 36.8. The lowest BCUT2D eigenvalue weighted by atomic mass is 9.94. The molecule has 0 aliphatic heterocycles. The van der Waals surface area contributed by atoms with Crippen LogP contribution in [0.5, 0.6) is 0 Å². The van der Waals surface area contributed by atoms with Crippen molar-refractivity contribution in [2.45, 2.75) is 252 Å². The van der Waals surface area contributed by atoms with Crippen LogP contribution in [-0.2, 0) is 16.1 Å². The van der Waals surface area contributed by atoms with Crippen LogP contribution in [0.1, 0.15) is 238 Å². The molecule has 0 fully saturated rings. The van der Waals surface area contributed by atoms with E-state index in [-0.39, 0.29) is 12.1 Å². The zero-order valence-corrected chi connectivity index (χ0v) is 36.8. The molecule has 54 heavy (non-hydrogen) atoms. The maximum atomic E-state index is 12.7. The molecule has 0 radical (unpaired) electrons. The van der Waals surface area contributed by atoms with Gasteiger partial charge in [-0.05, 0) is 51.5 Å². The van der Waals surface area contributed by atoms with Crippen LogP contribution in [0.25, 0.3) is 0 Å². The Morgan fingerprint density at radius 2 is 1.07 bits per heavy atom. The maximum Gasteiger partial charge on any atom is 0.305 e. The van der Waals surface area contributed by atoms with Gasteiger partial charge in [-0.2, -0.15) is 0 Å². The molecule has 2 atom stereocenters. The van der Waals surface area contributed by atoms with E-state index in [9.17, 15) is 9.90 Å². The molecule has 6 heteroatoms. The van der Waals surface area contributed by atoms with Crippen molar-refractivity contribution in [1.29, 1.82) is 0 Å². The summed E-state index contributed by atoms with van der Waals surface area (Å²) in [6.07, 6.45) is 45.1. The van der Waals surface area contributed by atoms with Crippen molar-refractivity contribution >= 4 is 5.97 Å². The van der Waals surface area contributed by atoms with Gasteiger partial charge in [0.1, 0.15) is 5.82 Å². The summed E-state index contributed by atoms with van der Waals surface area (Å²) in [4.78, 5) is 19.6. The molecule has 1 aromatic rings. The highest BCUT2D eigenvalue weighted by molar-refractivity contribution is 5.69. The molecule has 2 unspecified atom stereocenters. The summed E-state index contributed by atoms with van der Waals surface area (Å²) in [7, 11) is 0. The molecule has 1 rings (SSSR count). The van der Waals surface area contributed by atoms with Gasteiger partial charge in [-0.1, -0.05) is 194 Å². The summed E-state index contributed by atoms with van der Waals surface area (Å²) in [6, 6.07) is 0. The average Bonchev–Trinajstić information content (AvgIpc) is 3.59. The van der Waals surface area contributed by atoms with Crippen LogP contribution in [0.4, 0.5) is 0 Å². The Balaban J connectivity index is 2.30. The highest BCUT2D eigenvalue weighted by Gasteiger charge is 2.14. The number of aryl methyl sites for hydroxylation is 1. The molecule has 0 aliphatic rings. The second kappa shape index (κ2) is 38.5. The van der Waals surface area contributed by atoms with Crippen LogP contribution in [0.3, 0.4) is 0 Å². The van der Waals surface area contributed by atoms with E-state index < -0.39 is 0 Å². The SMILES string of the molecule is CCCCCCCCCCCCC(O)CN(CCCCCCCC(=O)OCC(CCCCCCCC)CCCCCCCCCC)CCn1ccnc1C. The van der Waals surface area contributed by atoms with Gasteiger partial charge in [0, 0.05) is 38.4 Å². The third-order valence-electron chi connectivity index (χ3n) is 11.7. The molecular weight excluding hydrogens is 667 g/mol. The molecule has 0 saturated carbocycles. The van der Waals surface area contributed by atoms with Gasteiger partial charge in [-0.15, -0.1) is 0 Å². The van der Waals surface area contributed by atoms with Crippen molar-refractivity contribution in [3.63, 3.8) is 0 Å². The standard InChI is InChI=1S/C48H93N3O3/c1-5-8-11-14-17-19-20-22-26-31-36-47(52)43-50(41-42-51-40-38-49-45(51)4)39-33-28-23-27-32-37-48(53)54-44-46(34-29-24-16-13-10-7-3)35-30-25-21-18-15-12-9-6-2/h38,40,46-47,52H,5-37,39,41-44H2,1-4H3. The van der Waals surface area contributed by atoms with Crippen molar-refractivity contribution < 1.29 is 14.6 Å². The summed E-state index contributed by atoms with van der Waals surface area (Å²) in [5.74, 6) is 1.60. The third-order valence-corrected chi connectivity index (χ3v) is 11.7. The van der Waals surface area contributed by atoms with Gasteiger partial charge in [0.05, 0.1) is 12.7 Å². The molecule has 1 N–H and O–H groups in total. The second-order valence-electron chi connectivity index (χ2n) is 17.0. The molecule has 0 amide bonds. The van der Waals surface area contributed by atoms with Gasteiger partial charge >= 0.3 is 5.97 Å². The highest BCUT2D eigenvalue weighted by atomic mass is 16.5. The van der Waals surface area contributed by atoms with E-state index in [4.69, 9.17) is 4.74 Å². The number of aliphatic hydroxyl groups is 1. The quantitative estimate of drug-likeness (QED) is 0.0531. The van der Waals surface area contributed by atoms with Gasteiger partial charge in [-0.25, -0.2) is 4.98 Å². The number of aliphatic hydroxyl groups excluding tert-OH is 1. The molecule has 318 valence electrons. The Labute approximate surface area is 336 Å². The molecule has 0 aliphatic carbocycles. The molecular formula is C48H93N3O3. The molecule has 6 nitrogen and oxygen atoms in total. The first kappa shape index (κ1) is 50.6. The van der Waals surface area contributed by atoms with Gasteiger partial charge < -0.3 is 14.4 Å². The van der Waals surface area contributed by atoms with Crippen LogP contribution in [0.2, 0.25) is 0 Å². The maximum absolute atomic E-state index is 12.7. The molecule has 0 saturated heterocycles. The molecule has 0 spiro atoms. The fourth-order valence-electron chi connectivity index (χ4n) is 7.95. The number of ether oxygens (including phenoxy) is 1. The van der Waals surface area contributed by atoms with E-state index in [1.807, 2.05) is 6.20 Å². The Morgan fingerprint density at radius 3 is 1.56 bits per heavy atom. The summed E-state index contributed by atoms with van der Waals surface area (Å²) >= 11 is 0. The van der Waals surface area contributed by atoms with E-state index in [0.717, 1.165) is 70.5 Å². The zero-order chi connectivity index (χ0) is 39.2. The third kappa shape index (κ3) is 31.8. The summed E-state index contributed by atoms with van der Waals surface area (Å²) < 4.78 is 8.09. The lowest BCUT2D eigenvalue weighted by Crippen LogP contribution is -2.35. The van der Waals surface area contributed by atoms with Gasteiger partial charge in [0.25, 0.3) is 0 Å². The predicted molar refractivity (Wildman–Crippen MR) is 233 cm³/mol. The molecule has 1 aromatic heterocycles. The van der Waals surface area contributed by atoms with Crippen LogP contribution in [-0.4, -0.2) is 57.9 Å². The minimum absolute atomic E-state index is 0.0104. The van der Waals surface area contributed by atoms with Crippen LogP contribution in [0.15, 0.2) is 12.4 Å².